The van der Waals surface area contributed by atoms with Crippen LogP contribution in [0.25, 0.3) is 22.0 Å². The monoisotopic (exact) mass is 495 g/mol. The Hall–Kier alpha value is -3.64. The van der Waals surface area contributed by atoms with Gasteiger partial charge in [-0.05, 0) is 71.8 Å². The molecule has 2 aromatic heterocycles. The van der Waals surface area contributed by atoms with E-state index in [2.05, 4.69) is 66.5 Å². The molecule has 3 aromatic carbocycles. The lowest BCUT2D eigenvalue weighted by Gasteiger charge is -2.16. The van der Waals surface area contributed by atoms with Gasteiger partial charge in [-0.2, -0.15) is 4.98 Å². The highest BCUT2D eigenvalue weighted by Crippen LogP contribution is 2.34. The number of pyridine rings is 1. The molecule has 0 N–H and O–H groups in total. The van der Waals surface area contributed by atoms with Gasteiger partial charge in [0.15, 0.2) is 5.82 Å². The SMILES string of the molecule is Cc1noc(C(Cc2cccc(-c3cc(C(C)C)cc4cccnc34)c2)c2ccc(S(C)=O)cc2)n1. The molecular weight excluding hydrogens is 466 g/mol. The Morgan fingerprint density at radius 1 is 0.944 bits per heavy atom. The fraction of sp³-hybridized carbons (Fsp3) is 0.233. The van der Waals surface area contributed by atoms with Gasteiger partial charge < -0.3 is 4.52 Å². The Bertz CT molecular complexity index is 1540. The molecule has 0 amide bonds. The van der Waals surface area contributed by atoms with E-state index in [0.717, 1.165) is 38.1 Å². The van der Waals surface area contributed by atoms with Crippen LogP contribution in [0, 0.1) is 6.92 Å². The molecule has 0 radical (unpaired) electrons. The minimum absolute atomic E-state index is 0.113. The topological polar surface area (TPSA) is 68.9 Å². The summed E-state index contributed by atoms with van der Waals surface area (Å²) in [6, 6.07) is 25.1. The van der Waals surface area contributed by atoms with Gasteiger partial charge in [0, 0.05) is 39.1 Å². The highest BCUT2D eigenvalue weighted by molar-refractivity contribution is 7.84. The van der Waals surface area contributed by atoms with Crippen LogP contribution < -0.4 is 0 Å². The third-order valence-corrected chi connectivity index (χ3v) is 7.46. The van der Waals surface area contributed by atoms with Crippen LogP contribution >= 0.6 is 0 Å². The smallest absolute Gasteiger partial charge is 0.234 e. The second-order valence-electron chi connectivity index (χ2n) is 9.46. The maximum atomic E-state index is 11.9. The van der Waals surface area contributed by atoms with Crippen molar-refractivity contribution in [1.82, 2.24) is 15.1 Å². The maximum absolute atomic E-state index is 11.9. The average Bonchev–Trinajstić information content (AvgIpc) is 3.32. The molecule has 5 nitrogen and oxygen atoms in total. The lowest BCUT2D eigenvalue weighted by molar-refractivity contribution is 0.361. The van der Waals surface area contributed by atoms with Crippen LogP contribution in [-0.4, -0.2) is 25.6 Å². The van der Waals surface area contributed by atoms with Crippen LogP contribution in [-0.2, 0) is 17.2 Å². The fourth-order valence-electron chi connectivity index (χ4n) is 4.56. The minimum Gasteiger partial charge on any atom is -0.339 e. The van der Waals surface area contributed by atoms with E-state index >= 15 is 0 Å². The van der Waals surface area contributed by atoms with Gasteiger partial charge in [0.05, 0.1) is 11.4 Å². The predicted molar refractivity (Wildman–Crippen MR) is 145 cm³/mol. The van der Waals surface area contributed by atoms with Gasteiger partial charge in [0.1, 0.15) is 0 Å². The molecule has 0 spiro atoms. The Morgan fingerprint density at radius 3 is 2.44 bits per heavy atom. The number of rotatable bonds is 7. The third-order valence-electron chi connectivity index (χ3n) is 6.53. The molecule has 0 bridgehead atoms. The standard InChI is InChI=1S/C30H29N3O2S/c1-19(2)25-17-24-9-6-14-31-29(24)27(18-25)23-8-5-7-21(15-23)16-28(30-32-20(3)33-35-30)22-10-12-26(13-11-22)36(4)34/h5-15,17-19,28H,16H2,1-4H3. The fourth-order valence-corrected chi connectivity index (χ4v) is 5.08. The van der Waals surface area contributed by atoms with E-state index in [1.165, 1.54) is 5.56 Å². The summed E-state index contributed by atoms with van der Waals surface area (Å²) in [5, 5.41) is 5.18. The van der Waals surface area contributed by atoms with Crippen molar-refractivity contribution in [2.75, 3.05) is 6.26 Å². The molecule has 2 unspecified atom stereocenters. The minimum atomic E-state index is -1.03. The van der Waals surface area contributed by atoms with Crippen molar-refractivity contribution in [3.63, 3.8) is 0 Å². The van der Waals surface area contributed by atoms with Crippen LogP contribution in [0.5, 0.6) is 0 Å². The first kappa shape index (κ1) is 24.1. The van der Waals surface area contributed by atoms with Crippen LogP contribution in [0.4, 0.5) is 0 Å². The summed E-state index contributed by atoms with van der Waals surface area (Å²) in [5.41, 5.74) is 6.78. The molecular formula is C30H29N3O2S. The van der Waals surface area contributed by atoms with Crippen molar-refractivity contribution in [2.24, 2.45) is 0 Å². The summed E-state index contributed by atoms with van der Waals surface area (Å²) in [6.45, 7) is 6.26. The number of nitrogens with zero attached hydrogens (tertiary/aromatic N) is 3. The number of aromatic nitrogens is 3. The van der Waals surface area contributed by atoms with E-state index in [0.29, 0.717) is 24.1 Å². The molecule has 0 saturated heterocycles. The largest absolute Gasteiger partial charge is 0.339 e. The van der Waals surface area contributed by atoms with E-state index in [9.17, 15) is 4.21 Å². The maximum Gasteiger partial charge on any atom is 0.234 e. The van der Waals surface area contributed by atoms with Crippen molar-refractivity contribution in [3.8, 4) is 11.1 Å². The first-order valence-electron chi connectivity index (χ1n) is 12.1. The highest BCUT2D eigenvalue weighted by atomic mass is 32.2. The number of hydrogen-bond donors (Lipinski definition) is 0. The number of benzene rings is 3. The predicted octanol–water partition coefficient (Wildman–Crippen LogP) is 6.83. The molecule has 0 aliphatic rings. The summed E-state index contributed by atoms with van der Waals surface area (Å²) >= 11 is 0. The molecule has 182 valence electrons. The molecule has 36 heavy (non-hydrogen) atoms. The lowest BCUT2D eigenvalue weighted by atomic mass is 9.89. The average molecular weight is 496 g/mol. The van der Waals surface area contributed by atoms with Crippen LogP contribution in [0.2, 0.25) is 0 Å². The third kappa shape index (κ3) is 5.00. The lowest BCUT2D eigenvalue weighted by Crippen LogP contribution is -2.06. The van der Waals surface area contributed by atoms with E-state index < -0.39 is 10.8 Å². The van der Waals surface area contributed by atoms with Gasteiger partial charge in [-0.1, -0.05) is 61.5 Å². The zero-order valence-corrected chi connectivity index (χ0v) is 21.8. The van der Waals surface area contributed by atoms with Crippen molar-refractivity contribution in [1.29, 1.82) is 0 Å². The number of aryl methyl sites for hydroxylation is 1. The first-order valence-corrected chi connectivity index (χ1v) is 13.7. The van der Waals surface area contributed by atoms with Crippen molar-refractivity contribution in [2.45, 2.75) is 43.9 Å². The van der Waals surface area contributed by atoms with E-state index in [1.807, 2.05) is 43.5 Å². The Kier molecular flexibility index (Phi) is 6.79. The van der Waals surface area contributed by atoms with Crippen molar-refractivity contribution >= 4 is 21.7 Å². The van der Waals surface area contributed by atoms with E-state index in [-0.39, 0.29) is 5.92 Å². The van der Waals surface area contributed by atoms with E-state index in [1.54, 1.807) is 6.26 Å². The number of hydrogen-bond acceptors (Lipinski definition) is 5. The van der Waals surface area contributed by atoms with Crippen molar-refractivity contribution < 1.29 is 8.73 Å². The summed E-state index contributed by atoms with van der Waals surface area (Å²) in [4.78, 5) is 10.1. The quantitative estimate of drug-likeness (QED) is 0.248. The molecule has 0 fully saturated rings. The molecule has 6 heteroatoms. The highest BCUT2D eigenvalue weighted by Gasteiger charge is 2.22. The van der Waals surface area contributed by atoms with E-state index in [4.69, 9.17) is 9.51 Å². The van der Waals surface area contributed by atoms with Gasteiger partial charge in [0.25, 0.3) is 0 Å². The summed E-state index contributed by atoms with van der Waals surface area (Å²) < 4.78 is 17.5. The first-order chi connectivity index (χ1) is 17.4. The van der Waals surface area contributed by atoms with Crippen LogP contribution in [0.1, 0.15) is 54.1 Å². The molecule has 2 atom stereocenters. The summed E-state index contributed by atoms with van der Waals surface area (Å²) in [5.74, 6) is 1.50. The van der Waals surface area contributed by atoms with Crippen LogP contribution in [0.15, 0.2) is 88.4 Å². The van der Waals surface area contributed by atoms with Gasteiger partial charge in [0.2, 0.25) is 5.89 Å². The van der Waals surface area contributed by atoms with Gasteiger partial charge >= 0.3 is 0 Å². The Morgan fingerprint density at radius 2 is 1.75 bits per heavy atom. The zero-order chi connectivity index (χ0) is 25.2. The molecule has 5 aromatic rings. The molecule has 0 aliphatic heterocycles. The normalized spacial score (nSPS) is 13.2. The Labute approximate surface area is 214 Å². The molecule has 5 rings (SSSR count). The van der Waals surface area contributed by atoms with Gasteiger partial charge in [-0.25, -0.2) is 0 Å². The number of fused-ring (bicyclic) bond motifs is 1. The summed E-state index contributed by atoms with van der Waals surface area (Å²) in [7, 11) is -1.03. The summed E-state index contributed by atoms with van der Waals surface area (Å²) in [6.07, 6.45) is 4.23. The molecule has 0 aliphatic carbocycles. The second kappa shape index (κ2) is 10.2. The van der Waals surface area contributed by atoms with Crippen molar-refractivity contribution in [3.05, 3.63) is 107 Å². The zero-order valence-electron chi connectivity index (χ0n) is 20.9. The molecule has 2 heterocycles. The van der Waals surface area contributed by atoms with Crippen LogP contribution in [0.3, 0.4) is 0 Å². The second-order valence-corrected chi connectivity index (χ2v) is 10.8. The molecule has 0 saturated carbocycles. The van der Waals surface area contributed by atoms with Gasteiger partial charge in [-0.3, -0.25) is 9.19 Å². The Balaban J connectivity index is 1.56. The van der Waals surface area contributed by atoms with Gasteiger partial charge in [-0.15, -0.1) is 0 Å².